The van der Waals surface area contributed by atoms with Crippen LogP contribution in [0.15, 0.2) is 24.3 Å². The number of amides is 3. The van der Waals surface area contributed by atoms with Crippen LogP contribution in [0.25, 0.3) is 0 Å². The van der Waals surface area contributed by atoms with Gasteiger partial charge in [-0.15, -0.1) is 0 Å². The van der Waals surface area contributed by atoms with Crippen LogP contribution >= 0.6 is 0 Å². The topological polar surface area (TPSA) is 81.8 Å². The van der Waals surface area contributed by atoms with Gasteiger partial charge in [-0.05, 0) is 32.0 Å². The van der Waals surface area contributed by atoms with Gasteiger partial charge >= 0.3 is 11.8 Å². The minimum atomic E-state index is -0.804. The highest BCUT2D eigenvalue weighted by molar-refractivity contribution is 6.35. The molecule has 0 aromatic heterocycles. The van der Waals surface area contributed by atoms with Gasteiger partial charge in [0, 0.05) is 31.4 Å². The zero-order valence-electron chi connectivity index (χ0n) is 14.5. The fourth-order valence-electron chi connectivity index (χ4n) is 3.41. The minimum Gasteiger partial charge on any atom is -0.347 e. The maximum atomic E-state index is 12.3. The van der Waals surface area contributed by atoms with E-state index in [9.17, 15) is 14.4 Å². The standard InChI is InChI=1S/C18H24N4O3/c1-21-14-8-4-3-7-13(14)15(18(21)25)20-17(24)16(23)19-9-12-22-10-5-2-6-11-22/h3-4,7-8,15H,2,5-6,9-12H2,1H3,(H,19,23)(H,20,24)/t15-/m0/s1. The number of hydrogen-bond acceptors (Lipinski definition) is 4. The Morgan fingerprint density at radius 1 is 1.12 bits per heavy atom. The van der Waals surface area contributed by atoms with Gasteiger partial charge in [0.1, 0.15) is 6.04 Å². The second-order valence-electron chi connectivity index (χ2n) is 6.52. The SMILES string of the molecule is CN1C(=O)[C@@H](NC(=O)C(=O)NCCN2CCCCC2)c2ccccc21. The summed E-state index contributed by atoms with van der Waals surface area (Å²) in [5.74, 6) is -1.71. The Morgan fingerprint density at radius 2 is 1.84 bits per heavy atom. The number of hydrogen-bond donors (Lipinski definition) is 2. The molecule has 1 saturated heterocycles. The van der Waals surface area contributed by atoms with Crippen LogP contribution in [-0.4, -0.2) is 55.8 Å². The van der Waals surface area contributed by atoms with Gasteiger partial charge in [-0.2, -0.15) is 0 Å². The van der Waals surface area contributed by atoms with Crippen LogP contribution in [0.1, 0.15) is 30.9 Å². The normalized spacial score (nSPS) is 20.3. The number of likely N-dealkylation sites (tertiary alicyclic amines) is 1. The molecular weight excluding hydrogens is 320 g/mol. The van der Waals surface area contributed by atoms with Crippen molar-refractivity contribution in [2.45, 2.75) is 25.3 Å². The first-order valence-electron chi connectivity index (χ1n) is 8.75. The summed E-state index contributed by atoms with van der Waals surface area (Å²) in [5, 5.41) is 5.18. The Hall–Kier alpha value is -2.41. The lowest BCUT2D eigenvalue weighted by Crippen LogP contribution is -2.46. The van der Waals surface area contributed by atoms with E-state index < -0.39 is 17.9 Å². The molecule has 7 nitrogen and oxygen atoms in total. The van der Waals surface area contributed by atoms with Gasteiger partial charge in [0.2, 0.25) is 0 Å². The van der Waals surface area contributed by atoms with Gasteiger partial charge in [0.05, 0.1) is 0 Å². The van der Waals surface area contributed by atoms with Crippen molar-refractivity contribution >= 4 is 23.4 Å². The number of para-hydroxylation sites is 1. The molecule has 2 N–H and O–H groups in total. The molecule has 0 spiro atoms. The lowest BCUT2D eigenvalue weighted by molar-refractivity contribution is -0.140. The monoisotopic (exact) mass is 344 g/mol. The van der Waals surface area contributed by atoms with Crippen LogP contribution in [0.4, 0.5) is 5.69 Å². The molecule has 2 heterocycles. The fourth-order valence-corrected chi connectivity index (χ4v) is 3.41. The van der Waals surface area contributed by atoms with Crippen molar-refractivity contribution in [1.82, 2.24) is 15.5 Å². The van der Waals surface area contributed by atoms with Crippen LogP contribution in [-0.2, 0) is 14.4 Å². The molecule has 1 atom stereocenters. The van der Waals surface area contributed by atoms with E-state index in [2.05, 4.69) is 15.5 Å². The van der Waals surface area contributed by atoms with Crippen LogP contribution in [0, 0.1) is 0 Å². The average Bonchev–Trinajstić information content (AvgIpc) is 2.88. The molecular formula is C18H24N4O3. The summed E-state index contributed by atoms with van der Waals surface area (Å²) in [4.78, 5) is 40.2. The van der Waals surface area contributed by atoms with E-state index in [0.29, 0.717) is 12.1 Å². The van der Waals surface area contributed by atoms with E-state index >= 15 is 0 Å². The third kappa shape index (κ3) is 3.82. The molecule has 3 amide bonds. The predicted molar refractivity (Wildman–Crippen MR) is 94.0 cm³/mol. The highest BCUT2D eigenvalue weighted by atomic mass is 16.2. The van der Waals surface area contributed by atoms with Crippen molar-refractivity contribution in [3.05, 3.63) is 29.8 Å². The number of nitrogens with one attached hydrogen (secondary N) is 2. The van der Waals surface area contributed by atoms with Gasteiger partial charge in [-0.1, -0.05) is 24.6 Å². The summed E-state index contributed by atoms with van der Waals surface area (Å²) in [7, 11) is 1.66. The molecule has 0 unspecified atom stereocenters. The molecule has 2 aliphatic rings. The number of piperidine rings is 1. The molecule has 25 heavy (non-hydrogen) atoms. The molecule has 3 rings (SSSR count). The molecule has 0 saturated carbocycles. The van der Waals surface area contributed by atoms with Crippen molar-refractivity contribution in [3.8, 4) is 0 Å². The fraction of sp³-hybridized carbons (Fsp3) is 0.500. The van der Waals surface area contributed by atoms with Gasteiger partial charge in [0.25, 0.3) is 5.91 Å². The maximum absolute atomic E-state index is 12.3. The Labute approximate surface area is 147 Å². The van der Waals surface area contributed by atoms with E-state index in [1.165, 1.54) is 24.2 Å². The van der Waals surface area contributed by atoms with Crippen molar-refractivity contribution in [2.75, 3.05) is 38.1 Å². The van der Waals surface area contributed by atoms with E-state index in [-0.39, 0.29) is 5.91 Å². The highest BCUT2D eigenvalue weighted by Gasteiger charge is 2.36. The number of fused-ring (bicyclic) bond motifs is 1. The number of likely N-dealkylation sites (N-methyl/N-ethyl adjacent to an activating group) is 1. The molecule has 7 heteroatoms. The smallest absolute Gasteiger partial charge is 0.310 e. The molecule has 1 fully saturated rings. The summed E-state index contributed by atoms with van der Waals surface area (Å²) >= 11 is 0. The molecule has 0 aliphatic carbocycles. The third-order valence-corrected chi connectivity index (χ3v) is 4.83. The van der Waals surface area contributed by atoms with Gasteiger partial charge in [0.15, 0.2) is 0 Å². The summed E-state index contributed by atoms with van der Waals surface area (Å²) in [6.45, 7) is 3.26. The van der Waals surface area contributed by atoms with Crippen LogP contribution < -0.4 is 15.5 Å². The van der Waals surface area contributed by atoms with Crippen molar-refractivity contribution < 1.29 is 14.4 Å². The molecule has 0 radical (unpaired) electrons. The van der Waals surface area contributed by atoms with E-state index in [1.807, 2.05) is 18.2 Å². The van der Waals surface area contributed by atoms with Crippen LogP contribution in [0.3, 0.4) is 0 Å². The molecule has 0 bridgehead atoms. The maximum Gasteiger partial charge on any atom is 0.310 e. The zero-order chi connectivity index (χ0) is 17.8. The number of benzene rings is 1. The quantitative estimate of drug-likeness (QED) is 0.776. The lowest BCUT2D eigenvalue weighted by Gasteiger charge is -2.26. The first-order chi connectivity index (χ1) is 12.1. The summed E-state index contributed by atoms with van der Waals surface area (Å²) in [6.07, 6.45) is 3.63. The molecule has 1 aromatic rings. The summed E-state index contributed by atoms with van der Waals surface area (Å²) in [5.41, 5.74) is 1.47. The Balaban J connectivity index is 1.51. The van der Waals surface area contributed by atoms with Crippen molar-refractivity contribution in [2.24, 2.45) is 0 Å². The Kier molecular flexibility index (Phi) is 5.33. The highest BCUT2D eigenvalue weighted by Crippen LogP contribution is 2.34. The third-order valence-electron chi connectivity index (χ3n) is 4.83. The molecule has 1 aromatic carbocycles. The number of rotatable bonds is 4. The first kappa shape index (κ1) is 17.4. The molecule has 134 valence electrons. The van der Waals surface area contributed by atoms with Crippen molar-refractivity contribution in [3.63, 3.8) is 0 Å². The summed E-state index contributed by atoms with van der Waals surface area (Å²) < 4.78 is 0. The van der Waals surface area contributed by atoms with Crippen molar-refractivity contribution in [1.29, 1.82) is 0 Å². The van der Waals surface area contributed by atoms with E-state index in [1.54, 1.807) is 13.1 Å². The summed E-state index contributed by atoms with van der Waals surface area (Å²) in [6, 6.07) is 6.44. The van der Waals surface area contributed by atoms with E-state index in [0.717, 1.165) is 25.3 Å². The predicted octanol–water partition coefficient (Wildman–Crippen LogP) is 0.422. The number of carbonyl (C=O) groups excluding carboxylic acids is 3. The van der Waals surface area contributed by atoms with E-state index in [4.69, 9.17) is 0 Å². The largest absolute Gasteiger partial charge is 0.347 e. The minimum absolute atomic E-state index is 0.240. The Morgan fingerprint density at radius 3 is 2.60 bits per heavy atom. The van der Waals surface area contributed by atoms with Crippen LogP contribution in [0.2, 0.25) is 0 Å². The number of carbonyl (C=O) groups is 3. The second kappa shape index (κ2) is 7.65. The molecule has 2 aliphatic heterocycles. The van der Waals surface area contributed by atoms with Crippen LogP contribution in [0.5, 0.6) is 0 Å². The average molecular weight is 344 g/mol. The first-order valence-corrected chi connectivity index (χ1v) is 8.75. The van der Waals surface area contributed by atoms with Gasteiger partial charge in [-0.3, -0.25) is 14.4 Å². The second-order valence-corrected chi connectivity index (χ2v) is 6.52. The zero-order valence-corrected chi connectivity index (χ0v) is 14.5. The van der Waals surface area contributed by atoms with Gasteiger partial charge < -0.3 is 20.4 Å². The Bertz CT molecular complexity index is 670. The number of nitrogens with zero attached hydrogens (tertiary/aromatic N) is 2. The van der Waals surface area contributed by atoms with Gasteiger partial charge in [-0.25, -0.2) is 0 Å². The lowest BCUT2D eigenvalue weighted by atomic mass is 10.1. The number of anilines is 1.